The molecule has 0 spiro atoms. The zero-order valence-corrected chi connectivity index (χ0v) is 12.0. The summed E-state index contributed by atoms with van der Waals surface area (Å²) >= 11 is 0. The summed E-state index contributed by atoms with van der Waals surface area (Å²) in [6.45, 7) is 6.02. The molecule has 0 bridgehead atoms. The predicted molar refractivity (Wildman–Crippen MR) is 78.1 cm³/mol. The normalized spacial score (nSPS) is 13.6. The van der Waals surface area contributed by atoms with Gasteiger partial charge in [0.2, 0.25) is 0 Å². The van der Waals surface area contributed by atoms with E-state index < -0.39 is 0 Å². The van der Waals surface area contributed by atoms with Crippen LogP contribution in [0.25, 0.3) is 0 Å². The molecule has 1 aromatic carbocycles. The van der Waals surface area contributed by atoms with Gasteiger partial charge in [-0.25, -0.2) is 0 Å². The molecule has 1 aromatic rings. The van der Waals surface area contributed by atoms with E-state index >= 15 is 0 Å². The van der Waals surface area contributed by atoms with Crippen LogP contribution in [0.1, 0.15) is 61.0 Å². The first kappa shape index (κ1) is 14.1. The fourth-order valence-electron chi connectivity index (χ4n) is 2.79. The van der Waals surface area contributed by atoms with E-state index in [1.807, 2.05) is 12.1 Å². The first-order chi connectivity index (χ1) is 9.26. The Morgan fingerprint density at radius 3 is 2.68 bits per heavy atom. The van der Waals surface area contributed by atoms with Gasteiger partial charge in [0.25, 0.3) is 5.91 Å². The SMILES string of the molecule is CCCC(CCC)NC(=O)c1cccc2c1CNC2. The van der Waals surface area contributed by atoms with Gasteiger partial charge in [-0.05, 0) is 30.0 Å². The maximum Gasteiger partial charge on any atom is 0.251 e. The molecule has 0 fully saturated rings. The molecule has 1 heterocycles. The number of nitrogens with one attached hydrogen (secondary N) is 2. The number of hydrogen-bond acceptors (Lipinski definition) is 2. The summed E-state index contributed by atoms with van der Waals surface area (Å²) in [6.07, 6.45) is 4.35. The van der Waals surface area contributed by atoms with Gasteiger partial charge >= 0.3 is 0 Å². The minimum absolute atomic E-state index is 0.0902. The lowest BCUT2D eigenvalue weighted by atomic mass is 10.0. The average molecular weight is 260 g/mol. The van der Waals surface area contributed by atoms with Crippen molar-refractivity contribution < 1.29 is 4.79 Å². The molecule has 0 aromatic heterocycles. The van der Waals surface area contributed by atoms with Gasteiger partial charge in [0.05, 0.1) is 0 Å². The molecule has 2 N–H and O–H groups in total. The van der Waals surface area contributed by atoms with Gasteiger partial charge in [-0.3, -0.25) is 4.79 Å². The third-order valence-corrected chi connectivity index (χ3v) is 3.74. The van der Waals surface area contributed by atoms with Crippen LogP contribution < -0.4 is 10.6 Å². The van der Waals surface area contributed by atoms with Gasteiger partial charge in [-0.1, -0.05) is 38.8 Å². The molecule has 0 saturated carbocycles. The lowest BCUT2D eigenvalue weighted by Gasteiger charge is -2.18. The van der Waals surface area contributed by atoms with Gasteiger partial charge < -0.3 is 10.6 Å². The molecule has 0 radical (unpaired) electrons. The second-order valence-electron chi connectivity index (χ2n) is 5.29. The van der Waals surface area contributed by atoms with Crippen LogP contribution in [0, 0.1) is 0 Å². The molecule has 3 nitrogen and oxygen atoms in total. The van der Waals surface area contributed by atoms with Crippen LogP contribution in [-0.2, 0) is 13.1 Å². The summed E-state index contributed by atoms with van der Waals surface area (Å²) in [7, 11) is 0. The largest absolute Gasteiger partial charge is 0.349 e. The first-order valence-corrected chi connectivity index (χ1v) is 7.38. The monoisotopic (exact) mass is 260 g/mol. The maximum atomic E-state index is 12.4. The Labute approximate surface area is 115 Å². The third kappa shape index (κ3) is 3.35. The highest BCUT2D eigenvalue weighted by molar-refractivity contribution is 5.96. The number of benzene rings is 1. The van der Waals surface area contributed by atoms with Crippen LogP contribution >= 0.6 is 0 Å². The standard InChI is InChI=1S/C16H24N2O/c1-3-6-13(7-4-2)18-16(19)14-9-5-8-12-10-17-11-15(12)14/h5,8-9,13,17H,3-4,6-7,10-11H2,1-2H3,(H,18,19). The predicted octanol–water partition coefficient (Wildman–Crippen LogP) is 2.99. The van der Waals surface area contributed by atoms with Crippen LogP contribution in [-0.4, -0.2) is 11.9 Å². The zero-order chi connectivity index (χ0) is 13.7. The Morgan fingerprint density at radius 1 is 1.26 bits per heavy atom. The van der Waals surface area contributed by atoms with Crippen molar-refractivity contribution in [2.24, 2.45) is 0 Å². The molecule has 2 rings (SSSR count). The number of carbonyl (C=O) groups is 1. The van der Waals surface area contributed by atoms with Gasteiger partial charge in [0.1, 0.15) is 0 Å². The highest BCUT2D eigenvalue weighted by Crippen LogP contribution is 2.20. The van der Waals surface area contributed by atoms with E-state index in [-0.39, 0.29) is 5.91 Å². The Balaban J connectivity index is 2.09. The molecule has 0 unspecified atom stereocenters. The number of amides is 1. The van der Waals surface area contributed by atoms with Crippen molar-refractivity contribution in [2.45, 2.75) is 58.7 Å². The number of hydrogen-bond donors (Lipinski definition) is 2. The summed E-state index contributed by atoms with van der Waals surface area (Å²) < 4.78 is 0. The van der Waals surface area contributed by atoms with E-state index in [9.17, 15) is 4.79 Å². The van der Waals surface area contributed by atoms with Crippen LogP contribution in [0.4, 0.5) is 0 Å². The smallest absolute Gasteiger partial charge is 0.251 e. The molecule has 1 aliphatic heterocycles. The van der Waals surface area contributed by atoms with Gasteiger partial charge in [-0.2, -0.15) is 0 Å². The Morgan fingerprint density at radius 2 is 2.00 bits per heavy atom. The number of rotatable bonds is 6. The molecule has 1 amide bonds. The number of fused-ring (bicyclic) bond motifs is 1. The van der Waals surface area contributed by atoms with E-state index in [1.54, 1.807) is 0 Å². The first-order valence-electron chi connectivity index (χ1n) is 7.38. The quantitative estimate of drug-likeness (QED) is 0.825. The lowest BCUT2D eigenvalue weighted by Crippen LogP contribution is -2.35. The van der Waals surface area contributed by atoms with E-state index in [2.05, 4.69) is 30.5 Å². The highest BCUT2D eigenvalue weighted by atomic mass is 16.1. The molecule has 104 valence electrons. The zero-order valence-electron chi connectivity index (χ0n) is 12.0. The van der Waals surface area contributed by atoms with Gasteiger partial charge in [0.15, 0.2) is 0 Å². The van der Waals surface area contributed by atoms with Crippen LogP contribution in [0.15, 0.2) is 18.2 Å². The molecule has 0 saturated heterocycles. The topological polar surface area (TPSA) is 41.1 Å². The van der Waals surface area contributed by atoms with E-state index in [4.69, 9.17) is 0 Å². The second kappa shape index (κ2) is 6.71. The summed E-state index contributed by atoms with van der Waals surface area (Å²) in [5, 5.41) is 6.50. The van der Waals surface area contributed by atoms with Crippen molar-refractivity contribution in [1.29, 1.82) is 0 Å². The molecular weight excluding hydrogens is 236 g/mol. The lowest BCUT2D eigenvalue weighted by molar-refractivity contribution is 0.0931. The molecule has 0 atom stereocenters. The Bertz CT molecular complexity index is 436. The fourth-order valence-corrected chi connectivity index (χ4v) is 2.79. The number of carbonyl (C=O) groups excluding carboxylic acids is 1. The molecule has 19 heavy (non-hydrogen) atoms. The van der Waals surface area contributed by atoms with Crippen LogP contribution in [0.5, 0.6) is 0 Å². The average Bonchev–Trinajstić information content (AvgIpc) is 2.87. The van der Waals surface area contributed by atoms with Crippen LogP contribution in [0.2, 0.25) is 0 Å². The fraction of sp³-hybridized carbons (Fsp3) is 0.562. The Kier molecular flexibility index (Phi) is 4.97. The van der Waals surface area contributed by atoms with E-state index in [0.29, 0.717) is 6.04 Å². The summed E-state index contributed by atoms with van der Waals surface area (Å²) in [5.74, 6) is 0.0902. The van der Waals surface area contributed by atoms with Gasteiger partial charge in [-0.15, -0.1) is 0 Å². The van der Waals surface area contributed by atoms with Crippen LogP contribution in [0.3, 0.4) is 0 Å². The van der Waals surface area contributed by atoms with Gasteiger partial charge in [0, 0.05) is 24.7 Å². The van der Waals surface area contributed by atoms with E-state index in [1.165, 1.54) is 11.1 Å². The molecule has 3 heteroatoms. The summed E-state index contributed by atoms with van der Waals surface area (Å²) in [5.41, 5.74) is 3.28. The molecule has 0 aliphatic carbocycles. The van der Waals surface area contributed by atoms with Crippen molar-refractivity contribution in [2.75, 3.05) is 0 Å². The Hall–Kier alpha value is -1.35. The van der Waals surface area contributed by atoms with Crippen molar-refractivity contribution in [3.05, 3.63) is 34.9 Å². The maximum absolute atomic E-state index is 12.4. The van der Waals surface area contributed by atoms with Crippen molar-refractivity contribution in [3.63, 3.8) is 0 Å². The molecular formula is C16H24N2O. The minimum atomic E-state index is 0.0902. The van der Waals surface area contributed by atoms with Crippen molar-refractivity contribution in [1.82, 2.24) is 10.6 Å². The highest BCUT2D eigenvalue weighted by Gasteiger charge is 2.19. The minimum Gasteiger partial charge on any atom is -0.349 e. The summed E-state index contributed by atoms with van der Waals surface area (Å²) in [6, 6.07) is 6.33. The molecule has 1 aliphatic rings. The van der Waals surface area contributed by atoms with Crippen molar-refractivity contribution in [3.8, 4) is 0 Å². The van der Waals surface area contributed by atoms with Crippen molar-refractivity contribution >= 4 is 5.91 Å². The third-order valence-electron chi connectivity index (χ3n) is 3.74. The van der Waals surface area contributed by atoms with E-state index in [0.717, 1.165) is 44.3 Å². The second-order valence-corrected chi connectivity index (χ2v) is 5.29. The summed E-state index contributed by atoms with van der Waals surface area (Å²) in [4.78, 5) is 12.4.